The van der Waals surface area contributed by atoms with E-state index in [2.05, 4.69) is 10.2 Å². The van der Waals surface area contributed by atoms with Gasteiger partial charge in [0, 0.05) is 12.6 Å². The minimum absolute atomic E-state index is 0.0882. The maximum atomic E-state index is 12.0. The van der Waals surface area contributed by atoms with Crippen molar-refractivity contribution in [2.24, 2.45) is 0 Å². The first-order valence-corrected chi connectivity index (χ1v) is 6.33. The second-order valence-corrected chi connectivity index (χ2v) is 4.45. The predicted molar refractivity (Wildman–Crippen MR) is 66.1 cm³/mol. The highest BCUT2D eigenvalue weighted by atomic mass is 16.5. The minimum atomic E-state index is -0.418. The average molecular weight is 258 g/mol. The van der Waals surface area contributed by atoms with E-state index in [9.17, 15) is 9.59 Å². The minimum Gasteiger partial charge on any atom is -0.465 e. The molecule has 1 amide bonds. The first-order valence-electron chi connectivity index (χ1n) is 6.33. The Morgan fingerprint density at radius 3 is 2.83 bits per heavy atom. The summed E-state index contributed by atoms with van der Waals surface area (Å²) in [4.78, 5) is 25.2. The SMILES string of the molecule is CCOC(=O)CNC(=O)[C@@H]1COCCN1C(C)C. The molecule has 1 atom stereocenters. The Bertz CT molecular complexity index is 294. The van der Waals surface area contributed by atoms with Crippen LogP contribution in [0.3, 0.4) is 0 Å². The molecule has 0 bridgehead atoms. The number of nitrogens with one attached hydrogen (secondary N) is 1. The molecule has 0 saturated carbocycles. The topological polar surface area (TPSA) is 67.9 Å². The van der Waals surface area contributed by atoms with E-state index in [1.165, 1.54) is 0 Å². The van der Waals surface area contributed by atoms with Crippen molar-refractivity contribution in [2.75, 3.05) is 32.9 Å². The maximum absolute atomic E-state index is 12.0. The average Bonchev–Trinajstić information content (AvgIpc) is 2.36. The summed E-state index contributed by atoms with van der Waals surface area (Å²) in [6, 6.07) is -0.0552. The maximum Gasteiger partial charge on any atom is 0.325 e. The summed E-state index contributed by atoms with van der Waals surface area (Å²) >= 11 is 0. The van der Waals surface area contributed by atoms with Crippen LogP contribution >= 0.6 is 0 Å². The highest BCUT2D eigenvalue weighted by molar-refractivity contribution is 5.85. The predicted octanol–water partition coefficient (Wildman–Crippen LogP) is -0.225. The Labute approximate surface area is 108 Å². The smallest absolute Gasteiger partial charge is 0.325 e. The third-order valence-corrected chi connectivity index (χ3v) is 2.85. The van der Waals surface area contributed by atoms with Gasteiger partial charge < -0.3 is 14.8 Å². The Morgan fingerprint density at radius 1 is 1.50 bits per heavy atom. The molecule has 1 rings (SSSR count). The van der Waals surface area contributed by atoms with Crippen molar-refractivity contribution in [3.05, 3.63) is 0 Å². The second-order valence-electron chi connectivity index (χ2n) is 4.45. The van der Waals surface area contributed by atoms with Gasteiger partial charge in [-0.2, -0.15) is 0 Å². The second kappa shape index (κ2) is 7.33. The van der Waals surface area contributed by atoms with Gasteiger partial charge in [0.2, 0.25) is 5.91 Å². The van der Waals surface area contributed by atoms with Gasteiger partial charge in [-0.05, 0) is 20.8 Å². The van der Waals surface area contributed by atoms with Gasteiger partial charge in [0.25, 0.3) is 0 Å². The quantitative estimate of drug-likeness (QED) is 0.690. The van der Waals surface area contributed by atoms with Crippen LogP contribution in [0.25, 0.3) is 0 Å². The fourth-order valence-electron chi connectivity index (χ4n) is 1.95. The van der Waals surface area contributed by atoms with Crippen LogP contribution in [0.4, 0.5) is 0 Å². The summed E-state index contributed by atoms with van der Waals surface area (Å²) in [7, 11) is 0. The largest absolute Gasteiger partial charge is 0.465 e. The van der Waals surface area contributed by atoms with E-state index < -0.39 is 5.97 Å². The van der Waals surface area contributed by atoms with Crippen LogP contribution in [-0.4, -0.2) is 61.8 Å². The highest BCUT2D eigenvalue weighted by Gasteiger charge is 2.31. The van der Waals surface area contributed by atoms with E-state index in [1.54, 1.807) is 6.92 Å². The van der Waals surface area contributed by atoms with Crippen LogP contribution < -0.4 is 5.32 Å². The fraction of sp³-hybridized carbons (Fsp3) is 0.833. The van der Waals surface area contributed by atoms with E-state index in [4.69, 9.17) is 9.47 Å². The molecule has 1 saturated heterocycles. The third-order valence-electron chi connectivity index (χ3n) is 2.85. The van der Waals surface area contributed by atoms with Gasteiger partial charge in [-0.15, -0.1) is 0 Å². The van der Waals surface area contributed by atoms with Crippen LogP contribution in [-0.2, 0) is 19.1 Å². The number of rotatable bonds is 5. The summed E-state index contributed by atoms with van der Waals surface area (Å²) in [5, 5.41) is 2.59. The molecule has 6 heteroatoms. The monoisotopic (exact) mass is 258 g/mol. The molecule has 1 heterocycles. The lowest BCUT2D eigenvalue weighted by Gasteiger charge is -2.37. The zero-order valence-electron chi connectivity index (χ0n) is 11.3. The Kier molecular flexibility index (Phi) is 6.07. The van der Waals surface area contributed by atoms with Gasteiger partial charge >= 0.3 is 5.97 Å². The van der Waals surface area contributed by atoms with Crippen LogP contribution in [0.5, 0.6) is 0 Å². The molecule has 0 aromatic carbocycles. The van der Waals surface area contributed by atoms with E-state index in [0.29, 0.717) is 19.8 Å². The zero-order chi connectivity index (χ0) is 13.5. The van der Waals surface area contributed by atoms with Gasteiger partial charge in [-0.25, -0.2) is 0 Å². The van der Waals surface area contributed by atoms with Crippen LogP contribution in [0, 0.1) is 0 Å². The highest BCUT2D eigenvalue weighted by Crippen LogP contribution is 2.10. The number of esters is 1. The number of hydrogen-bond donors (Lipinski definition) is 1. The van der Waals surface area contributed by atoms with Crippen molar-refractivity contribution in [3.63, 3.8) is 0 Å². The molecule has 1 aliphatic heterocycles. The van der Waals surface area contributed by atoms with E-state index in [0.717, 1.165) is 6.54 Å². The van der Waals surface area contributed by atoms with Crippen molar-refractivity contribution in [1.29, 1.82) is 0 Å². The van der Waals surface area contributed by atoms with Crippen molar-refractivity contribution < 1.29 is 19.1 Å². The molecule has 1 aliphatic rings. The number of hydrogen-bond acceptors (Lipinski definition) is 5. The molecule has 0 spiro atoms. The Morgan fingerprint density at radius 2 is 2.22 bits per heavy atom. The van der Waals surface area contributed by atoms with Crippen LogP contribution in [0.15, 0.2) is 0 Å². The first kappa shape index (κ1) is 14.9. The molecule has 0 aromatic rings. The summed E-state index contributed by atoms with van der Waals surface area (Å²) in [5.74, 6) is -0.602. The van der Waals surface area contributed by atoms with Gasteiger partial charge in [0.15, 0.2) is 0 Å². The third kappa shape index (κ3) is 4.27. The first-order chi connectivity index (χ1) is 8.56. The normalized spacial score (nSPS) is 20.8. The molecule has 1 fully saturated rings. The number of nitrogens with zero attached hydrogens (tertiary/aromatic N) is 1. The molecule has 6 nitrogen and oxygen atoms in total. The number of amides is 1. The molecule has 18 heavy (non-hydrogen) atoms. The molecule has 0 unspecified atom stereocenters. The molecule has 104 valence electrons. The summed E-state index contributed by atoms with van der Waals surface area (Å²) in [6.45, 7) is 7.78. The summed E-state index contributed by atoms with van der Waals surface area (Å²) in [6.07, 6.45) is 0. The standard InChI is InChI=1S/C12H22N2O4/c1-4-18-11(15)7-13-12(16)10-8-17-6-5-14(10)9(2)3/h9-10H,4-8H2,1-3H3,(H,13,16)/t10-/m0/s1. The molecular weight excluding hydrogens is 236 g/mol. The number of carbonyl (C=O) groups is 2. The lowest BCUT2D eigenvalue weighted by atomic mass is 10.1. The van der Waals surface area contributed by atoms with E-state index in [1.807, 2.05) is 13.8 Å². The number of morpholine rings is 1. The zero-order valence-corrected chi connectivity index (χ0v) is 11.3. The van der Waals surface area contributed by atoms with Crippen molar-refractivity contribution in [1.82, 2.24) is 10.2 Å². The van der Waals surface area contributed by atoms with Crippen LogP contribution in [0.1, 0.15) is 20.8 Å². The van der Waals surface area contributed by atoms with E-state index >= 15 is 0 Å². The fourth-order valence-corrected chi connectivity index (χ4v) is 1.95. The number of ether oxygens (including phenoxy) is 2. The lowest BCUT2D eigenvalue weighted by molar-refractivity contribution is -0.145. The van der Waals surface area contributed by atoms with Crippen molar-refractivity contribution in [3.8, 4) is 0 Å². The Hall–Kier alpha value is -1.14. The molecular formula is C12H22N2O4. The van der Waals surface area contributed by atoms with Crippen LogP contribution in [0.2, 0.25) is 0 Å². The molecule has 0 radical (unpaired) electrons. The van der Waals surface area contributed by atoms with Gasteiger partial charge in [0.1, 0.15) is 12.6 Å². The summed E-state index contributed by atoms with van der Waals surface area (Å²) in [5.41, 5.74) is 0. The molecule has 1 N–H and O–H groups in total. The molecule has 0 aromatic heterocycles. The summed E-state index contributed by atoms with van der Waals surface area (Å²) < 4.78 is 10.1. The van der Waals surface area contributed by atoms with Gasteiger partial charge in [-0.3, -0.25) is 14.5 Å². The van der Waals surface area contributed by atoms with E-state index in [-0.39, 0.29) is 24.5 Å². The Balaban J connectivity index is 2.45. The van der Waals surface area contributed by atoms with Gasteiger partial charge in [-0.1, -0.05) is 0 Å². The van der Waals surface area contributed by atoms with Gasteiger partial charge in [0.05, 0.1) is 19.8 Å². The lowest BCUT2D eigenvalue weighted by Crippen LogP contribution is -2.56. The molecule has 0 aliphatic carbocycles. The number of carbonyl (C=O) groups excluding carboxylic acids is 2. The van der Waals surface area contributed by atoms with Crippen molar-refractivity contribution in [2.45, 2.75) is 32.9 Å². The van der Waals surface area contributed by atoms with Crippen molar-refractivity contribution >= 4 is 11.9 Å².